The zero-order valence-corrected chi connectivity index (χ0v) is 8.31. The largest absolute Gasteiger partial charge is 0.288 e. The first-order chi connectivity index (χ1) is 7.31. The van der Waals surface area contributed by atoms with Crippen molar-refractivity contribution in [3.05, 3.63) is 35.4 Å². The number of nitrogens with zero attached hydrogens (tertiary/aromatic N) is 3. The van der Waals surface area contributed by atoms with Gasteiger partial charge in [-0.05, 0) is 24.6 Å². The van der Waals surface area contributed by atoms with E-state index in [1.54, 1.807) is 11.5 Å². The Hall–Kier alpha value is -2.06. The Kier molecular flexibility index (Phi) is 2.52. The Balaban J connectivity index is 2.12. The SMILES string of the molecule is CC(c1ccc(C#N)cc1)N1NC=NN1. The average molecular weight is 201 g/mol. The molecule has 5 nitrogen and oxygen atoms in total. The maximum Gasteiger partial charge on any atom is 0.126 e. The van der Waals surface area contributed by atoms with E-state index < -0.39 is 0 Å². The summed E-state index contributed by atoms with van der Waals surface area (Å²) in [4.78, 5) is 0. The number of hydrazone groups is 1. The summed E-state index contributed by atoms with van der Waals surface area (Å²) < 4.78 is 0. The smallest absolute Gasteiger partial charge is 0.126 e. The van der Waals surface area contributed by atoms with E-state index in [-0.39, 0.29) is 6.04 Å². The second kappa shape index (κ2) is 3.98. The summed E-state index contributed by atoms with van der Waals surface area (Å²) in [5.74, 6) is 0. The normalized spacial score (nSPS) is 16.5. The van der Waals surface area contributed by atoms with Crippen molar-refractivity contribution >= 4 is 6.34 Å². The first-order valence-corrected chi connectivity index (χ1v) is 4.64. The number of hydrazine groups is 2. The topological polar surface area (TPSA) is 63.5 Å². The lowest BCUT2D eigenvalue weighted by atomic mass is 10.1. The Morgan fingerprint density at radius 2 is 2.13 bits per heavy atom. The monoisotopic (exact) mass is 201 g/mol. The third-order valence-electron chi connectivity index (χ3n) is 2.34. The predicted molar refractivity (Wildman–Crippen MR) is 56.2 cm³/mol. The van der Waals surface area contributed by atoms with Gasteiger partial charge >= 0.3 is 0 Å². The van der Waals surface area contributed by atoms with Crippen molar-refractivity contribution in [2.45, 2.75) is 13.0 Å². The van der Waals surface area contributed by atoms with Crippen LogP contribution in [-0.4, -0.2) is 11.5 Å². The van der Waals surface area contributed by atoms with Crippen LogP contribution in [0.15, 0.2) is 29.4 Å². The molecule has 0 aromatic heterocycles. The highest BCUT2D eigenvalue weighted by Gasteiger charge is 2.16. The van der Waals surface area contributed by atoms with Gasteiger partial charge in [0.2, 0.25) is 0 Å². The standard InChI is InChI=1S/C10H11N5/c1-8(15-13-7-12-14-15)10-4-2-9(6-11)3-5-10/h2-5,7-8,14H,1H3,(H,12,13). The predicted octanol–water partition coefficient (Wildman–Crippen LogP) is 0.887. The van der Waals surface area contributed by atoms with Gasteiger partial charge in [0, 0.05) is 0 Å². The van der Waals surface area contributed by atoms with Gasteiger partial charge in [0.25, 0.3) is 0 Å². The Morgan fingerprint density at radius 1 is 1.40 bits per heavy atom. The Morgan fingerprint density at radius 3 is 2.67 bits per heavy atom. The molecule has 1 aromatic carbocycles. The molecule has 2 N–H and O–H groups in total. The number of hydrogen-bond donors (Lipinski definition) is 2. The van der Waals surface area contributed by atoms with Gasteiger partial charge in [0.05, 0.1) is 17.7 Å². The van der Waals surface area contributed by atoms with Crippen LogP contribution >= 0.6 is 0 Å². The van der Waals surface area contributed by atoms with Crippen molar-refractivity contribution in [2.75, 3.05) is 0 Å². The fraction of sp³-hybridized carbons (Fsp3) is 0.200. The molecule has 0 bridgehead atoms. The van der Waals surface area contributed by atoms with Crippen LogP contribution < -0.4 is 11.0 Å². The molecule has 0 amide bonds. The van der Waals surface area contributed by atoms with Gasteiger partial charge in [-0.3, -0.25) is 5.43 Å². The molecule has 0 saturated carbocycles. The molecule has 15 heavy (non-hydrogen) atoms. The van der Waals surface area contributed by atoms with Crippen molar-refractivity contribution in [3.8, 4) is 6.07 Å². The Labute approximate surface area is 87.9 Å². The maximum atomic E-state index is 8.67. The summed E-state index contributed by atoms with van der Waals surface area (Å²) in [6.45, 7) is 2.04. The first kappa shape index (κ1) is 9.49. The van der Waals surface area contributed by atoms with Crippen molar-refractivity contribution in [3.63, 3.8) is 0 Å². The molecule has 2 rings (SSSR count). The number of rotatable bonds is 2. The van der Waals surface area contributed by atoms with E-state index in [1.165, 1.54) is 0 Å². The van der Waals surface area contributed by atoms with Gasteiger partial charge in [-0.15, -0.1) is 5.12 Å². The number of benzene rings is 1. The van der Waals surface area contributed by atoms with E-state index in [2.05, 4.69) is 22.1 Å². The highest BCUT2D eigenvalue weighted by atomic mass is 15.9. The number of nitrogens with one attached hydrogen (secondary N) is 2. The van der Waals surface area contributed by atoms with E-state index in [1.807, 2.05) is 31.2 Å². The van der Waals surface area contributed by atoms with Crippen LogP contribution in [-0.2, 0) is 0 Å². The highest BCUT2D eigenvalue weighted by Crippen LogP contribution is 2.17. The van der Waals surface area contributed by atoms with Gasteiger partial charge in [-0.2, -0.15) is 10.4 Å². The summed E-state index contributed by atoms with van der Waals surface area (Å²) in [7, 11) is 0. The average Bonchev–Trinajstić information content (AvgIpc) is 2.82. The van der Waals surface area contributed by atoms with Crippen LogP contribution in [0.1, 0.15) is 24.1 Å². The molecule has 1 aromatic rings. The summed E-state index contributed by atoms with van der Waals surface area (Å²) in [6, 6.07) is 9.72. The molecular weight excluding hydrogens is 190 g/mol. The van der Waals surface area contributed by atoms with Crippen LogP contribution in [0, 0.1) is 11.3 Å². The summed E-state index contributed by atoms with van der Waals surface area (Å²) in [5.41, 5.74) is 7.54. The van der Waals surface area contributed by atoms with Gasteiger partial charge in [0.15, 0.2) is 0 Å². The molecular formula is C10H11N5. The summed E-state index contributed by atoms with van der Waals surface area (Å²) in [6.07, 6.45) is 1.58. The zero-order chi connectivity index (χ0) is 10.7. The third kappa shape index (κ3) is 1.90. The molecule has 0 aliphatic carbocycles. The van der Waals surface area contributed by atoms with Crippen LogP contribution in [0.4, 0.5) is 0 Å². The molecule has 5 heteroatoms. The van der Waals surface area contributed by atoms with Crippen LogP contribution in [0.3, 0.4) is 0 Å². The first-order valence-electron chi connectivity index (χ1n) is 4.64. The van der Waals surface area contributed by atoms with Gasteiger partial charge in [0.1, 0.15) is 6.34 Å². The van der Waals surface area contributed by atoms with E-state index in [0.717, 1.165) is 5.56 Å². The number of nitriles is 1. The molecule has 1 unspecified atom stereocenters. The van der Waals surface area contributed by atoms with Crippen molar-refractivity contribution in [2.24, 2.45) is 5.10 Å². The maximum absolute atomic E-state index is 8.67. The van der Waals surface area contributed by atoms with E-state index >= 15 is 0 Å². The lowest BCUT2D eigenvalue weighted by Crippen LogP contribution is -2.40. The van der Waals surface area contributed by atoms with Gasteiger partial charge in [-0.1, -0.05) is 12.1 Å². The minimum absolute atomic E-state index is 0.139. The fourth-order valence-electron chi connectivity index (χ4n) is 1.39. The van der Waals surface area contributed by atoms with E-state index in [4.69, 9.17) is 5.26 Å². The molecule has 1 aliphatic rings. The van der Waals surface area contributed by atoms with E-state index in [0.29, 0.717) is 5.56 Å². The Bertz CT molecular complexity index is 395. The molecule has 76 valence electrons. The summed E-state index contributed by atoms with van der Waals surface area (Å²) in [5, 5.41) is 14.3. The lowest BCUT2D eigenvalue weighted by Gasteiger charge is -2.22. The molecule has 1 heterocycles. The molecule has 0 fully saturated rings. The molecule has 1 aliphatic heterocycles. The molecule has 0 saturated heterocycles. The van der Waals surface area contributed by atoms with E-state index in [9.17, 15) is 0 Å². The minimum Gasteiger partial charge on any atom is -0.288 e. The zero-order valence-electron chi connectivity index (χ0n) is 8.31. The van der Waals surface area contributed by atoms with Gasteiger partial charge in [-0.25, -0.2) is 5.53 Å². The number of hydrogen-bond acceptors (Lipinski definition) is 5. The highest BCUT2D eigenvalue weighted by molar-refractivity contribution is 5.54. The molecule has 0 radical (unpaired) electrons. The second-order valence-corrected chi connectivity index (χ2v) is 3.27. The van der Waals surface area contributed by atoms with Crippen molar-refractivity contribution in [1.82, 2.24) is 16.1 Å². The fourth-order valence-corrected chi connectivity index (χ4v) is 1.39. The molecule has 0 spiro atoms. The van der Waals surface area contributed by atoms with Crippen LogP contribution in [0.2, 0.25) is 0 Å². The quantitative estimate of drug-likeness (QED) is 0.745. The van der Waals surface area contributed by atoms with Crippen molar-refractivity contribution < 1.29 is 0 Å². The minimum atomic E-state index is 0.139. The molecule has 1 atom stereocenters. The lowest BCUT2D eigenvalue weighted by molar-refractivity contribution is 0.124. The third-order valence-corrected chi connectivity index (χ3v) is 2.34. The summed E-state index contributed by atoms with van der Waals surface area (Å²) >= 11 is 0. The van der Waals surface area contributed by atoms with Crippen molar-refractivity contribution in [1.29, 1.82) is 5.26 Å². The van der Waals surface area contributed by atoms with Crippen LogP contribution in [0.5, 0.6) is 0 Å². The second-order valence-electron chi connectivity index (χ2n) is 3.27. The van der Waals surface area contributed by atoms with Gasteiger partial charge < -0.3 is 0 Å². The van der Waals surface area contributed by atoms with Crippen LogP contribution in [0.25, 0.3) is 0 Å².